The van der Waals surface area contributed by atoms with Crippen molar-refractivity contribution in [3.8, 4) is 0 Å². The smallest absolute Gasteiger partial charge is 0.253 e. The molecular weight excluding hydrogens is 268 g/mol. The van der Waals surface area contributed by atoms with Crippen molar-refractivity contribution in [3.05, 3.63) is 29.8 Å². The molecule has 0 saturated heterocycles. The van der Waals surface area contributed by atoms with E-state index in [1.165, 1.54) is 23.1 Å². The Morgan fingerprint density at radius 1 is 1.47 bits per heavy atom. The van der Waals surface area contributed by atoms with Crippen molar-refractivity contribution >= 4 is 15.9 Å². The number of carbonyl (C=O) groups is 1. The Bertz CT molecular complexity index is 557. The van der Waals surface area contributed by atoms with Gasteiger partial charge in [0.25, 0.3) is 5.91 Å². The maximum Gasteiger partial charge on any atom is 0.253 e. The standard InChI is InChI=1S/C12H18N2O4S/c1-9(18-3)8-14(2)12(15)10-5-4-6-11(7-10)19(13,16)17/h4-7,9H,8H2,1-3H3,(H2,13,16,17). The van der Waals surface area contributed by atoms with Gasteiger partial charge in [0.05, 0.1) is 11.0 Å². The van der Waals surface area contributed by atoms with Crippen LogP contribution in [0.25, 0.3) is 0 Å². The lowest BCUT2D eigenvalue weighted by Gasteiger charge is -2.20. The molecule has 1 unspecified atom stereocenters. The SMILES string of the molecule is COC(C)CN(C)C(=O)c1cccc(S(N)(=O)=O)c1. The quantitative estimate of drug-likeness (QED) is 0.850. The molecule has 0 saturated carbocycles. The van der Waals surface area contributed by atoms with Crippen molar-refractivity contribution in [2.45, 2.75) is 17.9 Å². The fourth-order valence-electron chi connectivity index (χ4n) is 1.57. The molecule has 0 aliphatic carbocycles. The van der Waals surface area contributed by atoms with E-state index in [0.29, 0.717) is 6.54 Å². The van der Waals surface area contributed by atoms with Crippen LogP contribution < -0.4 is 5.14 Å². The number of amides is 1. The van der Waals surface area contributed by atoms with E-state index in [9.17, 15) is 13.2 Å². The predicted molar refractivity (Wildman–Crippen MR) is 71.2 cm³/mol. The highest BCUT2D eigenvalue weighted by atomic mass is 32.2. The molecule has 0 bridgehead atoms. The average Bonchev–Trinajstić information content (AvgIpc) is 2.36. The summed E-state index contributed by atoms with van der Waals surface area (Å²) in [7, 11) is -0.621. The van der Waals surface area contributed by atoms with Crippen molar-refractivity contribution in [1.29, 1.82) is 0 Å². The third kappa shape index (κ3) is 4.30. The summed E-state index contributed by atoms with van der Waals surface area (Å²) in [5.41, 5.74) is 0.275. The zero-order valence-corrected chi connectivity index (χ0v) is 12.0. The molecule has 0 aliphatic rings. The Kier molecular flexibility index (Phi) is 5.04. The number of primary sulfonamides is 1. The van der Waals surface area contributed by atoms with E-state index < -0.39 is 10.0 Å². The second kappa shape index (κ2) is 6.14. The van der Waals surface area contributed by atoms with Gasteiger partial charge >= 0.3 is 0 Å². The highest BCUT2D eigenvalue weighted by molar-refractivity contribution is 7.89. The van der Waals surface area contributed by atoms with Crippen LogP contribution in [0.5, 0.6) is 0 Å². The number of ether oxygens (including phenoxy) is 1. The van der Waals surface area contributed by atoms with Crippen LogP contribution in [0.1, 0.15) is 17.3 Å². The van der Waals surface area contributed by atoms with Crippen LogP contribution in [-0.4, -0.2) is 46.0 Å². The van der Waals surface area contributed by atoms with E-state index in [0.717, 1.165) is 0 Å². The Balaban J connectivity index is 2.94. The summed E-state index contributed by atoms with van der Waals surface area (Å²) < 4.78 is 27.5. The van der Waals surface area contributed by atoms with E-state index >= 15 is 0 Å². The highest BCUT2D eigenvalue weighted by Gasteiger charge is 2.16. The van der Waals surface area contributed by atoms with Crippen LogP contribution in [0, 0.1) is 0 Å². The molecule has 0 radical (unpaired) electrons. The zero-order chi connectivity index (χ0) is 14.6. The molecule has 0 aromatic heterocycles. The van der Waals surface area contributed by atoms with Gasteiger partial charge in [0, 0.05) is 26.3 Å². The largest absolute Gasteiger partial charge is 0.380 e. The number of hydrogen-bond donors (Lipinski definition) is 1. The molecule has 6 nitrogen and oxygen atoms in total. The first kappa shape index (κ1) is 15.6. The third-order valence-electron chi connectivity index (χ3n) is 2.69. The van der Waals surface area contributed by atoms with Gasteiger partial charge in [0.15, 0.2) is 0 Å². The molecule has 7 heteroatoms. The number of carbonyl (C=O) groups excluding carboxylic acids is 1. The molecule has 19 heavy (non-hydrogen) atoms. The molecule has 106 valence electrons. The maximum atomic E-state index is 12.1. The highest BCUT2D eigenvalue weighted by Crippen LogP contribution is 2.11. The monoisotopic (exact) mass is 286 g/mol. The minimum Gasteiger partial charge on any atom is -0.380 e. The van der Waals surface area contributed by atoms with Gasteiger partial charge in [-0.2, -0.15) is 0 Å². The number of hydrogen-bond acceptors (Lipinski definition) is 4. The summed E-state index contributed by atoms with van der Waals surface area (Å²) in [5, 5.41) is 5.03. The second-order valence-electron chi connectivity index (χ2n) is 4.30. The molecule has 0 spiro atoms. The van der Waals surface area contributed by atoms with Crippen LogP contribution in [0.4, 0.5) is 0 Å². The molecule has 2 N–H and O–H groups in total. The van der Waals surface area contributed by atoms with Gasteiger partial charge in [0.2, 0.25) is 10.0 Å². The molecule has 0 aliphatic heterocycles. The summed E-state index contributed by atoms with van der Waals surface area (Å²) in [6.07, 6.45) is -0.102. The molecule has 0 heterocycles. The van der Waals surface area contributed by atoms with Gasteiger partial charge < -0.3 is 9.64 Å². The summed E-state index contributed by atoms with van der Waals surface area (Å²) in [5.74, 6) is -0.283. The Morgan fingerprint density at radius 2 is 2.11 bits per heavy atom. The van der Waals surface area contributed by atoms with E-state index in [2.05, 4.69) is 0 Å². The Hall–Kier alpha value is -1.44. The molecule has 1 rings (SSSR count). The van der Waals surface area contributed by atoms with Gasteiger partial charge in [-0.25, -0.2) is 13.6 Å². The van der Waals surface area contributed by atoms with E-state index in [1.54, 1.807) is 20.2 Å². The lowest BCUT2D eigenvalue weighted by molar-refractivity contribution is 0.0600. The minimum absolute atomic E-state index is 0.0773. The predicted octanol–water partition coefficient (Wildman–Crippen LogP) is 0.441. The topological polar surface area (TPSA) is 89.7 Å². The fourth-order valence-corrected chi connectivity index (χ4v) is 2.13. The molecule has 1 amide bonds. The molecule has 1 aromatic carbocycles. The van der Waals surface area contributed by atoms with E-state index in [4.69, 9.17) is 9.88 Å². The van der Waals surface area contributed by atoms with Gasteiger partial charge in [-0.15, -0.1) is 0 Å². The van der Waals surface area contributed by atoms with Crippen molar-refractivity contribution < 1.29 is 17.9 Å². The van der Waals surface area contributed by atoms with Crippen molar-refractivity contribution in [1.82, 2.24) is 4.90 Å². The number of nitrogens with zero attached hydrogens (tertiary/aromatic N) is 1. The summed E-state index contributed by atoms with van der Waals surface area (Å²) in [6, 6.07) is 5.65. The van der Waals surface area contributed by atoms with Crippen LogP contribution in [-0.2, 0) is 14.8 Å². The van der Waals surface area contributed by atoms with Gasteiger partial charge in [-0.3, -0.25) is 4.79 Å². The normalized spacial score (nSPS) is 13.1. The van der Waals surface area contributed by atoms with Crippen molar-refractivity contribution in [3.63, 3.8) is 0 Å². The van der Waals surface area contributed by atoms with Crippen LogP contribution in [0.2, 0.25) is 0 Å². The van der Waals surface area contributed by atoms with Crippen LogP contribution in [0.3, 0.4) is 0 Å². The van der Waals surface area contributed by atoms with Crippen LogP contribution in [0.15, 0.2) is 29.2 Å². The minimum atomic E-state index is -3.81. The third-order valence-corrected chi connectivity index (χ3v) is 3.60. The lowest BCUT2D eigenvalue weighted by atomic mass is 10.2. The van der Waals surface area contributed by atoms with Crippen molar-refractivity contribution in [2.24, 2.45) is 5.14 Å². The van der Waals surface area contributed by atoms with Crippen molar-refractivity contribution in [2.75, 3.05) is 20.7 Å². The Morgan fingerprint density at radius 3 is 2.63 bits per heavy atom. The molecule has 0 fully saturated rings. The number of rotatable bonds is 5. The van der Waals surface area contributed by atoms with Gasteiger partial charge in [0.1, 0.15) is 0 Å². The summed E-state index contributed by atoms with van der Waals surface area (Å²) in [6.45, 7) is 2.25. The molecule has 1 atom stereocenters. The van der Waals surface area contributed by atoms with E-state index in [-0.39, 0.29) is 22.5 Å². The number of nitrogens with two attached hydrogens (primary N) is 1. The molecular formula is C12H18N2O4S. The first-order valence-corrected chi connectivity index (χ1v) is 7.21. The number of benzene rings is 1. The lowest BCUT2D eigenvalue weighted by Crippen LogP contribution is -2.34. The van der Waals surface area contributed by atoms with E-state index in [1.807, 2.05) is 6.92 Å². The number of likely N-dealkylation sites (N-methyl/N-ethyl adjacent to an activating group) is 1. The van der Waals surface area contributed by atoms with Crippen LogP contribution >= 0.6 is 0 Å². The first-order valence-electron chi connectivity index (χ1n) is 5.67. The Labute approximate surface area is 113 Å². The number of sulfonamides is 1. The second-order valence-corrected chi connectivity index (χ2v) is 5.87. The average molecular weight is 286 g/mol. The van der Waals surface area contributed by atoms with Gasteiger partial charge in [-0.05, 0) is 25.1 Å². The fraction of sp³-hybridized carbons (Fsp3) is 0.417. The zero-order valence-electron chi connectivity index (χ0n) is 11.2. The number of methoxy groups -OCH3 is 1. The van der Waals surface area contributed by atoms with Gasteiger partial charge in [-0.1, -0.05) is 6.07 Å². The summed E-state index contributed by atoms with van der Waals surface area (Å²) in [4.78, 5) is 13.5. The molecule has 1 aromatic rings. The first-order chi connectivity index (χ1) is 8.75. The summed E-state index contributed by atoms with van der Waals surface area (Å²) >= 11 is 0. The maximum absolute atomic E-state index is 12.1.